The van der Waals surface area contributed by atoms with Gasteiger partial charge in [-0.05, 0) is 37.6 Å². The molecule has 3 heterocycles. The SMILES string of the molecule is CCCCCSc1nc([O-])c2[n+](n1)C(c1ccc(C)s1)N(C(C)=O)c1ccccc1-2. The lowest BCUT2D eigenvalue weighted by Crippen LogP contribution is -2.58. The Morgan fingerprint density at radius 2 is 2.07 bits per heavy atom. The number of aryl methyl sites for hydroxylation is 1. The van der Waals surface area contributed by atoms with Gasteiger partial charge in [0.05, 0.1) is 22.0 Å². The molecular weight excluding hydrogens is 416 g/mol. The number of carbonyl (C=O) groups excluding carboxylic acids is 1. The Morgan fingerprint density at radius 3 is 2.77 bits per heavy atom. The maximum absolute atomic E-state index is 13.1. The molecule has 30 heavy (non-hydrogen) atoms. The minimum absolute atomic E-state index is 0.0973. The minimum Gasteiger partial charge on any atom is -0.854 e. The van der Waals surface area contributed by atoms with Crippen LogP contribution in [-0.2, 0) is 4.79 Å². The number of thiophene rings is 1. The number of rotatable bonds is 6. The van der Waals surface area contributed by atoms with Crippen LogP contribution >= 0.6 is 23.1 Å². The van der Waals surface area contributed by atoms with Crippen LogP contribution in [0, 0.1) is 6.92 Å². The first-order valence-corrected chi connectivity index (χ1v) is 11.9. The van der Waals surface area contributed by atoms with Crippen LogP contribution in [0.4, 0.5) is 5.69 Å². The third-order valence-corrected chi connectivity index (χ3v) is 7.02. The largest absolute Gasteiger partial charge is 0.854 e. The summed E-state index contributed by atoms with van der Waals surface area (Å²) in [6.45, 7) is 5.74. The van der Waals surface area contributed by atoms with E-state index in [-0.39, 0.29) is 11.8 Å². The standard InChI is InChI=1S/C22H24N4O2S2/c1-4-5-8-13-29-22-23-20(28)19-16-9-6-7-10-17(16)25(15(3)27)21(26(19)24-22)18-12-11-14(2)30-18/h6-7,9-12,21H,4-5,8,13H2,1-3H3. The number of amides is 1. The number of anilines is 1. The van der Waals surface area contributed by atoms with Gasteiger partial charge in [-0.3, -0.25) is 4.79 Å². The summed E-state index contributed by atoms with van der Waals surface area (Å²) < 4.78 is 1.70. The van der Waals surface area contributed by atoms with Crippen LogP contribution in [0.1, 0.15) is 49.0 Å². The Labute approximate surface area is 184 Å². The van der Waals surface area contributed by atoms with Crippen molar-refractivity contribution in [2.75, 3.05) is 10.7 Å². The minimum atomic E-state index is -0.503. The second-order valence-electron chi connectivity index (χ2n) is 7.28. The first kappa shape index (κ1) is 20.8. The normalized spacial score (nSPS) is 15.0. The van der Waals surface area contributed by atoms with Gasteiger partial charge in [0.1, 0.15) is 0 Å². The zero-order valence-electron chi connectivity index (χ0n) is 17.3. The fourth-order valence-corrected chi connectivity index (χ4v) is 5.48. The third kappa shape index (κ3) is 3.81. The van der Waals surface area contributed by atoms with Crippen molar-refractivity contribution in [2.45, 2.75) is 51.4 Å². The molecule has 4 rings (SSSR count). The predicted octanol–water partition coefficient (Wildman–Crippen LogP) is 4.07. The first-order valence-electron chi connectivity index (χ1n) is 10.1. The number of hydrogen-bond acceptors (Lipinski definition) is 6. The number of fused-ring (bicyclic) bond motifs is 3. The van der Waals surface area contributed by atoms with E-state index in [4.69, 9.17) is 5.10 Å². The average molecular weight is 441 g/mol. The fraction of sp³-hybridized carbons (Fsp3) is 0.364. The Balaban J connectivity index is 1.88. The van der Waals surface area contributed by atoms with Gasteiger partial charge in [0.15, 0.2) is 0 Å². The molecule has 1 unspecified atom stereocenters. The van der Waals surface area contributed by atoms with Crippen molar-refractivity contribution in [3.8, 4) is 17.1 Å². The molecule has 0 radical (unpaired) electrons. The number of nitrogens with zero attached hydrogens (tertiary/aromatic N) is 4. The molecule has 0 saturated heterocycles. The molecule has 0 fully saturated rings. The summed E-state index contributed by atoms with van der Waals surface area (Å²) in [5.41, 5.74) is 1.83. The number of para-hydroxylation sites is 1. The van der Waals surface area contributed by atoms with Gasteiger partial charge in [0.25, 0.3) is 10.9 Å². The second-order valence-corrected chi connectivity index (χ2v) is 9.66. The van der Waals surface area contributed by atoms with Crippen LogP contribution < -0.4 is 14.7 Å². The highest BCUT2D eigenvalue weighted by Crippen LogP contribution is 2.41. The van der Waals surface area contributed by atoms with Gasteiger partial charge in [0, 0.05) is 22.7 Å². The van der Waals surface area contributed by atoms with E-state index in [0.29, 0.717) is 22.1 Å². The summed E-state index contributed by atoms with van der Waals surface area (Å²) in [5.74, 6) is 0.458. The molecule has 1 aliphatic rings. The van der Waals surface area contributed by atoms with Crippen LogP contribution in [0.5, 0.6) is 5.88 Å². The molecule has 0 spiro atoms. The van der Waals surface area contributed by atoms with Gasteiger partial charge in [-0.2, -0.15) is 0 Å². The van der Waals surface area contributed by atoms with Crippen molar-refractivity contribution in [1.29, 1.82) is 0 Å². The molecule has 1 atom stereocenters. The number of benzene rings is 1. The van der Waals surface area contributed by atoms with E-state index in [1.165, 1.54) is 11.8 Å². The molecule has 0 aliphatic carbocycles. The van der Waals surface area contributed by atoms with Crippen molar-refractivity contribution in [1.82, 2.24) is 10.1 Å². The predicted molar refractivity (Wildman–Crippen MR) is 118 cm³/mol. The monoisotopic (exact) mass is 440 g/mol. The van der Waals surface area contributed by atoms with E-state index in [1.54, 1.807) is 27.8 Å². The summed E-state index contributed by atoms with van der Waals surface area (Å²) in [7, 11) is 0. The Morgan fingerprint density at radius 1 is 1.27 bits per heavy atom. The molecule has 6 nitrogen and oxygen atoms in total. The zero-order valence-corrected chi connectivity index (χ0v) is 18.9. The second kappa shape index (κ2) is 8.73. The average Bonchev–Trinajstić information content (AvgIpc) is 3.15. The van der Waals surface area contributed by atoms with Crippen molar-refractivity contribution < 1.29 is 14.6 Å². The van der Waals surface area contributed by atoms with Crippen LogP contribution in [0.15, 0.2) is 41.6 Å². The first-order chi connectivity index (χ1) is 14.5. The summed E-state index contributed by atoms with van der Waals surface area (Å²) in [6, 6.07) is 11.5. The number of carbonyl (C=O) groups is 1. The number of hydrogen-bond donors (Lipinski definition) is 0. The lowest BCUT2D eigenvalue weighted by molar-refractivity contribution is -0.763. The molecule has 1 aromatic carbocycles. The summed E-state index contributed by atoms with van der Waals surface area (Å²) in [4.78, 5) is 20.9. The molecule has 1 amide bonds. The lowest BCUT2D eigenvalue weighted by atomic mass is 10.0. The molecule has 2 aromatic heterocycles. The number of aromatic nitrogens is 3. The smallest absolute Gasteiger partial charge is 0.302 e. The van der Waals surface area contributed by atoms with Crippen molar-refractivity contribution in [2.24, 2.45) is 0 Å². The van der Waals surface area contributed by atoms with Gasteiger partial charge in [0.2, 0.25) is 5.91 Å². The molecule has 1 aliphatic heterocycles. The molecule has 8 heteroatoms. The molecule has 3 aromatic rings. The molecule has 0 N–H and O–H groups in total. The van der Waals surface area contributed by atoms with Gasteiger partial charge in [-0.25, -0.2) is 9.88 Å². The lowest BCUT2D eigenvalue weighted by Gasteiger charge is -2.32. The summed E-state index contributed by atoms with van der Waals surface area (Å²) in [6.07, 6.45) is 2.82. The van der Waals surface area contributed by atoms with Crippen LogP contribution in [0.25, 0.3) is 11.3 Å². The van der Waals surface area contributed by atoms with Gasteiger partial charge in [-0.15, -0.1) is 11.3 Å². The Bertz CT molecular complexity index is 1080. The van der Waals surface area contributed by atoms with E-state index < -0.39 is 6.17 Å². The summed E-state index contributed by atoms with van der Waals surface area (Å²) in [5, 5.41) is 18.3. The summed E-state index contributed by atoms with van der Waals surface area (Å²) >= 11 is 3.10. The number of unbranched alkanes of at least 4 members (excludes halogenated alkanes) is 2. The number of thioether (sulfide) groups is 1. The van der Waals surface area contributed by atoms with Crippen LogP contribution in [0.2, 0.25) is 0 Å². The highest BCUT2D eigenvalue weighted by molar-refractivity contribution is 7.99. The van der Waals surface area contributed by atoms with Crippen molar-refractivity contribution >= 4 is 34.7 Å². The van der Waals surface area contributed by atoms with Gasteiger partial charge >= 0.3 is 6.17 Å². The Hall–Kier alpha value is -2.45. The quantitative estimate of drug-likeness (QED) is 0.328. The third-order valence-electron chi connectivity index (χ3n) is 5.05. The highest BCUT2D eigenvalue weighted by atomic mass is 32.2. The Kier molecular flexibility index (Phi) is 6.06. The highest BCUT2D eigenvalue weighted by Gasteiger charge is 2.44. The van der Waals surface area contributed by atoms with E-state index >= 15 is 0 Å². The van der Waals surface area contributed by atoms with Gasteiger partial charge in [-0.1, -0.05) is 48.3 Å². The maximum Gasteiger partial charge on any atom is 0.302 e. The van der Waals surface area contributed by atoms with E-state index in [1.807, 2.05) is 43.3 Å². The maximum atomic E-state index is 13.1. The molecular formula is C22H24N4O2S2. The molecule has 0 saturated carbocycles. The molecule has 0 bridgehead atoms. The van der Waals surface area contributed by atoms with E-state index in [0.717, 1.165) is 34.8 Å². The van der Waals surface area contributed by atoms with E-state index in [9.17, 15) is 9.90 Å². The zero-order chi connectivity index (χ0) is 21.3. The topological polar surface area (TPSA) is 73.0 Å². The van der Waals surface area contributed by atoms with Crippen LogP contribution in [0.3, 0.4) is 0 Å². The van der Waals surface area contributed by atoms with E-state index in [2.05, 4.69) is 11.9 Å². The molecule has 156 valence electrons. The van der Waals surface area contributed by atoms with Crippen molar-refractivity contribution in [3.05, 3.63) is 46.2 Å². The van der Waals surface area contributed by atoms with Crippen LogP contribution in [-0.4, -0.2) is 21.7 Å². The van der Waals surface area contributed by atoms with Gasteiger partial charge < -0.3 is 5.11 Å². The fourth-order valence-electron chi connectivity index (χ4n) is 3.70. The van der Waals surface area contributed by atoms with Crippen molar-refractivity contribution in [3.63, 3.8) is 0 Å².